The van der Waals surface area contributed by atoms with Crippen molar-refractivity contribution >= 4 is 21.4 Å². The number of hydrogen-bond donors (Lipinski definition) is 1. The Morgan fingerprint density at radius 3 is 2.85 bits per heavy atom. The van der Waals surface area contributed by atoms with E-state index in [9.17, 15) is 4.39 Å². The van der Waals surface area contributed by atoms with Crippen LogP contribution < -0.4 is 5.32 Å². The normalized spacial score (nSPS) is 16.9. The minimum Gasteiger partial charge on any atom is -0.311 e. The number of fused-ring (bicyclic) bond motifs is 1. The molecule has 1 aromatic carbocycles. The third-order valence-corrected chi connectivity index (χ3v) is 5.00. The van der Waals surface area contributed by atoms with Gasteiger partial charge in [0.15, 0.2) is 0 Å². The Morgan fingerprint density at radius 2 is 2.00 bits per heavy atom. The van der Waals surface area contributed by atoms with Crippen molar-refractivity contribution in [2.45, 2.75) is 25.8 Å². The van der Waals surface area contributed by atoms with Crippen molar-refractivity contribution in [2.24, 2.45) is 0 Å². The standard InChI is InChI=1S/C16H21FN2S/c17-14-4-5-16-13(10-14)11-15(20-16)12-18-6-9-19-7-2-1-3-8-19/h4-5,10-11,18H,1-3,6-9,12H2. The first-order chi connectivity index (χ1) is 9.81. The van der Waals surface area contributed by atoms with E-state index in [2.05, 4.69) is 16.3 Å². The summed E-state index contributed by atoms with van der Waals surface area (Å²) in [6.45, 7) is 5.56. The molecule has 4 heteroatoms. The van der Waals surface area contributed by atoms with Gasteiger partial charge in [-0.3, -0.25) is 0 Å². The minimum absolute atomic E-state index is 0.153. The molecule has 0 unspecified atom stereocenters. The molecule has 1 aliphatic rings. The van der Waals surface area contributed by atoms with Crippen LogP contribution in [0.1, 0.15) is 24.1 Å². The minimum atomic E-state index is -0.153. The summed E-state index contributed by atoms with van der Waals surface area (Å²) in [5, 5.41) is 4.52. The van der Waals surface area contributed by atoms with Crippen molar-refractivity contribution in [3.05, 3.63) is 35.0 Å². The number of thiophene rings is 1. The van der Waals surface area contributed by atoms with E-state index < -0.39 is 0 Å². The van der Waals surface area contributed by atoms with E-state index in [1.54, 1.807) is 17.4 Å². The Morgan fingerprint density at radius 1 is 1.15 bits per heavy atom. The summed E-state index contributed by atoms with van der Waals surface area (Å²) in [5.74, 6) is -0.153. The first kappa shape index (κ1) is 14.0. The topological polar surface area (TPSA) is 15.3 Å². The van der Waals surface area contributed by atoms with E-state index in [0.29, 0.717) is 0 Å². The zero-order valence-corrected chi connectivity index (χ0v) is 12.5. The number of hydrogen-bond acceptors (Lipinski definition) is 3. The molecule has 0 radical (unpaired) electrons. The average Bonchev–Trinajstić information content (AvgIpc) is 2.86. The summed E-state index contributed by atoms with van der Waals surface area (Å²) in [6.07, 6.45) is 4.09. The predicted octanol–water partition coefficient (Wildman–Crippen LogP) is 3.62. The molecule has 3 rings (SSSR count). The molecule has 0 atom stereocenters. The Kier molecular flexibility index (Phi) is 4.65. The molecule has 0 saturated carbocycles. The molecule has 2 nitrogen and oxygen atoms in total. The lowest BCUT2D eigenvalue weighted by Crippen LogP contribution is -2.35. The highest BCUT2D eigenvalue weighted by atomic mass is 32.1. The van der Waals surface area contributed by atoms with Crippen molar-refractivity contribution in [3.63, 3.8) is 0 Å². The van der Waals surface area contributed by atoms with Gasteiger partial charge < -0.3 is 10.2 Å². The second-order valence-electron chi connectivity index (χ2n) is 5.47. The maximum atomic E-state index is 13.1. The zero-order chi connectivity index (χ0) is 13.8. The largest absolute Gasteiger partial charge is 0.311 e. The second kappa shape index (κ2) is 6.66. The number of likely N-dealkylation sites (tertiary alicyclic amines) is 1. The van der Waals surface area contributed by atoms with Gasteiger partial charge in [0.05, 0.1) is 0 Å². The third-order valence-electron chi connectivity index (χ3n) is 3.88. The van der Waals surface area contributed by atoms with Crippen LogP contribution in [0.15, 0.2) is 24.3 Å². The number of nitrogens with one attached hydrogen (secondary N) is 1. The van der Waals surface area contributed by atoms with E-state index in [1.165, 1.54) is 48.0 Å². The van der Waals surface area contributed by atoms with Gasteiger partial charge >= 0.3 is 0 Å². The van der Waals surface area contributed by atoms with Gasteiger partial charge in [0.2, 0.25) is 0 Å². The monoisotopic (exact) mass is 292 g/mol. The highest BCUT2D eigenvalue weighted by Gasteiger charge is 2.09. The highest BCUT2D eigenvalue weighted by Crippen LogP contribution is 2.26. The molecule has 0 spiro atoms. The molecule has 0 bridgehead atoms. The number of piperidine rings is 1. The van der Waals surface area contributed by atoms with Gasteiger partial charge in [-0.2, -0.15) is 0 Å². The quantitative estimate of drug-likeness (QED) is 0.847. The van der Waals surface area contributed by atoms with Crippen LogP contribution in [0, 0.1) is 5.82 Å². The van der Waals surface area contributed by atoms with Crippen LogP contribution >= 0.6 is 11.3 Å². The van der Waals surface area contributed by atoms with Crippen LogP contribution in [0.25, 0.3) is 10.1 Å². The summed E-state index contributed by atoms with van der Waals surface area (Å²) in [7, 11) is 0. The second-order valence-corrected chi connectivity index (χ2v) is 6.64. The van der Waals surface area contributed by atoms with Crippen LogP contribution in [0.3, 0.4) is 0 Å². The molecule has 1 aromatic heterocycles. The molecule has 1 fully saturated rings. The van der Waals surface area contributed by atoms with Gasteiger partial charge in [-0.1, -0.05) is 6.42 Å². The smallest absolute Gasteiger partial charge is 0.123 e. The fourth-order valence-electron chi connectivity index (χ4n) is 2.79. The summed E-state index contributed by atoms with van der Waals surface area (Å²) >= 11 is 1.75. The van der Waals surface area contributed by atoms with Crippen LogP contribution in [0.5, 0.6) is 0 Å². The summed E-state index contributed by atoms with van der Waals surface area (Å²) in [5.41, 5.74) is 0. The Labute approximate surface area is 123 Å². The number of halogens is 1. The van der Waals surface area contributed by atoms with Gasteiger partial charge in [0, 0.05) is 29.2 Å². The Balaban J connectivity index is 1.47. The lowest BCUT2D eigenvalue weighted by molar-refractivity contribution is 0.229. The SMILES string of the molecule is Fc1ccc2sc(CNCCN3CCCCC3)cc2c1. The summed E-state index contributed by atoms with van der Waals surface area (Å²) in [6, 6.07) is 7.11. The van der Waals surface area contributed by atoms with E-state index in [0.717, 1.165) is 25.0 Å². The van der Waals surface area contributed by atoms with E-state index >= 15 is 0 Å². The van der Waals surface area contributed by atoms with Crippen LogP contribution in [0.4, 0.5) is 4.39 Å². The van der Waals surface area contributed by atoms with Crippen molar-refractivity contribution in [1.82, 2.24) is 10.2 Å². The number of rotatable bonds is 5. The van der Waals surface area contributed by atoms with Crippen LogP contribution in [0.2, 0.25) is 0 Å². The highest BCUT2D eigenvalue weighted by molar-refractivity contribution is 7.19. The maximum Gasteiger partial charge on any atom is 0.123 e. The number of benzene rings is 1. The first-order valence-corrected chi connectivity index (χ1v) is 8.24. The molecule has 1 N–H and O–H groups in total. The van der Waals surface area contributed by atoms with Gasteiger partial charge in [-0.25, -0.2) is 4.39 Å². The van der Waals surface area contributed by atoms with Gasteiger partial charge in [0.1, 0.15) is 5.82 Å². The van der Waals surface area contributed by atoms with Gasteiger partial charge in [-0.15, -0.1) is 11.3 Å². The molecule has 0 amide bonds. The van der Waals surface area contributed by atoms with E-state index in [4.69, 9.17) is 0 Å². The summed E-state index contributed by atoms with van der Waals surface area (Å²) in [4.78, 5) is 3.82. The molecular weight excluding hydrogens is 271 g/mol. The molecule has 0 aliphatic carbocycles. The molecule has 2 aromatic rings. The fourth-order valence-corrected chi connectivity index (χ4v) is 3.80. The lowest BCUT2D eigenvalue weighted by Gasteiger charge is -2.26. The molecule has 20 heavy (non-hydrogen) atoms. The third kappa shape index (κ3) is 3.57. The first-order valence-electron chi connectivity index (χ1n) is 7.42. The predicted molar refractivity (Wildman–Crippen MR) is 83.8 cm³/mol. The molecule has 2 heterocycles. The molecular formula is C16H21FN2S. The van der Waals surface area contributed by atoms with Gasteiger partial charge in [-0.05, 0) is 55.6 Å². The molecule has 1 aliphatic heterocycles. The maximum absolute atomic E-state index is 13.1. The molecule has 108 valence electrons. The van der Waals surface area contributed by atoms with Gasteiger partial charge in [0.25, 0.3) is 0 Å². The average molecular weight is 292 g/mol. The van der Waals surface area contributed by atoms with Crippen molar-refractivity contribution in [1.29, 1.82) is 0 Å². The lowest BCUT2D eigenvalue weighted by atomic mass is 10.1. The van der Waals surface area contributed by atoms with E-state index in [-0.39, 0.29) is 5.82 Å². The van der Waals surface area contributed by atoms with Crippen molar-refractivity contribution in [2.75, 3.05) is 26.2 Å². The Hall–Kier alpha value is -0.970. The van der Waals surface area contributed by atoms with E-state index in [1.807, 2.05) is 6.07 Å². The fraction of sp³-hybridized carbons (Fsp3) is 0.500. The van der Waals surface area contributed by atoms with Crippen molar-refractivity contribution in [3.8, 4) is 0 Å². The van der Waals surface area contributed by atoms with Crippen LogP contribution in [-0.4, -0.2) is 31.1 Å². The zero-order valence-electron chi connectivity index (χ0n) is 11.7. The Bertz CT molecular complexity index is 561. The summed E-state index contributed by atoms with van der Waals surface area (Å²) < 4.78 is 14.3. The molecule has 1 saturated heterocycles. The van der Waals surface area contributed by atoms with Crippen molar-refractivity contribution < 1.29 is 4.39 Å². The number of nitrogens with zero attached hydrogens (tertiary/aromatic N) is 1. The van der Waals surface area contributed by atoms with Crippen LogP contribution in [-0.2, 0) is 6.54 Å².